The van der Waals surface area contributed by atoms with Gasteiger partial charge < -0.3 is 0 Å². The lowest BCUT2D eigenvalue weighted by Gasteiger charge is -2.15. The van der Waals surface area contributed by atoms with Crippen LogP contribution in [0.25, 0.3) is 0 Å². The Kier molecular flexibility index (Phi) is 5.07. The quantitative estimate of drug-likeness (QED) is 0.611. The molecule has 0 amide bonds. The van der Waals surface area contributed by atoms with E-state index in [2.05, 4.69) is 19.6 Å². The summed E-state index contributed by atoms with van der Waals surface area (Å²) in [5.41, 5.74) is 1.08. The van der Waals surface area contributed by atoms with E-state index in [0.29, 0.717) is 6.54 Å². The van der Waals surface area contributed by atoms with Gasteiger partial charge in [-0.25, -0.2) is 3.61 Å². The zero-order chi connectivity index (χ0) is 13.1. The minimum atomic E-state index is -2.93. The third kappa shape index (κ3) is 5.00. The van der Waals surface area contributed by atoms with Crippen molar-refractivity contribution in [1.29, 1.82) is 0 Å². The van der Waals surface area contributed by atoms with Crippen LogP contribution < -0.4 is 0 Å². The highest BCUT2D eigenvalue weighted by Crippen LogP contribution is 2.17. The third-order valence-corrected chi connectivity index (χ3v) is 8.75. The summed E-state index contributed by atoms with van der Waals surface area (Å²) in [6.45, 7) is 6.70. The molecule has 0 aliphatic carbocycles. The Hall–Kier alpha value is -0.0331. The molecule has 0 spiro atoms. The second-order valence-electron chi connectivity index (χ2n) is 4.74. The Bertz CT molecular complexity index is 482. The van der Waals surface area contributed by atoms with E-state index in [1.807, 2.05) is 36.8 Å². The fourth-order valence-electron chi connectivity index (χ4n) is 1.46. The summed E-state index contributed by atoms with van der Waals surface area (Å²) >= 11 is 0. The van der Waals surface area contributed by atoms with E-state index in [0.717, 1.165) is 5.56 Å². The molecule has 6 heteroatoms. The summed E-state index contributed by atoms with van der Waals surface area (Å²) in [7, 11) is 6.82. The van der Waals surface area contributed by atoms with Gasteiger partial charge in [0.2, 0.25) is 0 Å². The van der Waals surface area contributed by atoms with Crippen molar-refractivity contribution in [3.05, 3.63) is 42.3 Å². The summed E-state index contributed by atoms with van der Waals surface area (Å²) in [6.07, 6.45) is 1.99. The highest BCUT2D eigenvalue weighted by molar-refractivity contribution is 8.31. The van der Waals surface area contributed by atoms with Gasteiger partial charge >= 0.3 is 16.4 Å². The molecular formula is C11H17Cl2NOSSi+. The van der Waals surface area contributed by atoms with E-state index in [1.54, 1.807) is 3.61 Å². The number of hydrogen-bond donors (Lipinski definition) is 0. The summed E-state index contributed by atoms with van der Waals surface area (Å²) in [5, 5.41) is 0. The largest absolute Gasteiger partial charge is 0.360 e. The maximum atomic E-state index is 11.8. The molecule has 17 heavy (non-hydrogen) atoms. The van der Waals surface area contributed by atoms with Gasteiger partial charge in [-0.05, 0) is 25.2 Å². The number of rotatable bonds is 4. The monoisotopic (exact) mass is 309 g/mol. The summed E-state index contributed by atoms with van der Waals surface area (Å²) in [5.74, 6) is 0. The van der Waals surface area contributed by atoms with Gasteiger partial charge in [-0.1, -0.05) is 30.3 Å². The predicted molar refractivity (Wildman–Crippen MR) is 78.2 cm³/mol. The second kappa shape index (κ2) is 5.74. The molecule has 95 valence electrons. The van der Waals surface area contributed by atoms with Crippen molar-refractivity contribution in [1.82, 2.24) is 0 Å². The van der Waals surface area contributed by atoms with E-state index >= 15 is 0 Å². The Morgan fingerprint density at radius 2 is 1.76 bits per heavy atom. The smallest absolute Gasteiger partial charge is 0.235 e. The molecule has 0 aromatic heterocycles. The first-order chi connectivity index (χ1) is 7.71. The molecule has 0 bridgehead atoms. The van der Waals surface area contributed by atoms with E-state index in [1.165, 1.54) is 0 Å². The van der Waals surface area contributed by atoms with E-state index in [4.69, 9.17) is 21.4 Å². The molecule has 0 atom stereocenters. The molecule has 0 N–H and O–H groups in total. The standard InChI is InChI=1S/C11H17Cl2NOSSi/c1-17(2,3)14(16(12,13)15)10-9-11-7-5-4-6-8-11/h4-9H,10H2,1-3H3/q+1. The van der Waals surface area contributed by atoms with Crippen LogP contribution in [0.2, 0.25) is 19.6 Å². The fraction of sp³-hybridized carbons (Fsp3) is 0.364. The van der Waals surface area contributed by atoms with E-state index in [-0.39, 0.29) is 0 Å². The SMILES string of the molecule is C[Si](C)(C)[N+](C[CH]c1ccccc1)=S(=O)(Cl)Cl. The molecule has 1 rings (SSSR count). The molecule has 1 aromatic carbocycles. The van der Waals surface area contributed by atoms with Gasteiger partial charge in [0.25, 0.3) is 0 Å². The second-order valence-corrected chi connectivity index (χ2v) is 14.2. The van der Waals surface area contributed by atoms with E-state index in [9.17, 15) is 4.21 Å². The van der Waals surface area contributed by atoms with Crippen molar-refractivity contribution in [3.8, 4) is 0 Å². The van der Waals surface area contributed by atoms with Gasteiger partial charge in [0, 0.05) is 0 Å². The van der Waals surface area contributed by atoms with Crippen LogP contribution >= 0.6 is 21.4 Å². The van der Waals surface area contributed by atoms with Crippen LogP contribution in [0, 0.1) is 6.42 Å². The molecular weight excluding hydrogens is 293 g/mol. The zero-order valence-electron chi connectivity index (χ0n) is 10.2. The Labute approximate surface area is 114 Å². The summed E-state index contributed by atoms with van der Waals surface area (Å²) in [6, 6.07) is 9.87. The fourth-order valence-corrected chi connectivity index (χ4v) is 8.96. The highest BCUT2D eigenvalue weighted by atomic mass is 36.0. The average molecular weight is 310 g/mol. The topological polar surface area (TPSA) is 20.1 Å². The van der Waals surface area contributed by atoms with Crippen LogP contribution in [0.4, 0.5) is 0 Å². The highest BCUT2D eigenvalue weighted by Gasteiger charge is 2.35. The first-order valence-electron chi connectivity index (χ1n) is 5.31. The van der Waals surface area contributed by atoms with Gasteiger partial charge in [-0.3, -0.25) is 0 Å². The van der Waals surface area contributed by atoms with Crippen LogP contribution in [0.15, 0.2) is 30.3 Å². The van der Waals surface area contributed by atoms with Crippen molar-refractivity contribution < 1.29 is 7.82 Å². The Balaban J connectivity index is 2.90. The van der Waals surface area contributed by atoms with Gasteiger partial charge in [-0.2, -0.15) is 4.21 Å². The van der Waals surface area contributed by atoms with E-state index < -0.39 is 16.4 Å². The number of halogens is 2. The minimum Gasteiger partial charge on any atom is -0.235 e. The first kappa shape index (κ1) is 15.0. The summed E-state index contributed by atoms with van der Waals surface area (Å²) in [4.78, 5) is 0. The minimum absolute atomic E-state index is 0.506. The van der Waals surface area contributed by atoms with Gasteiger partial charge in [-0.15, -0.1) is 0 Å². The maximum Gasteiger partial charge on any atom is 0.360 e. The molecule has 0 heterocycles. The van der Waals surface area contributed by atoms with Crippen LogP contribution in [0.3, 0.4) is 0 Å². The normalized spacial score (nSPS) is 12.5. The van der Waals surface area contributed by atoms with Crippen molar-refractivity contribution in [2.75, 3.05) is 6.54 Å². The Morgan fingerprint density at radius 1 is 1.24 bits per heavy atom. The number of nitrogens with zero attached hydrogens (tertiary/aromatic N) is 1. The molecule has 0 aliphatic heterocycles. The molecule has 0 fully saturated rings. The molecule has 0 saturated carbocycles. The van der Waals surface area contributed by atoms with Gasteiger partial charge in [0.1, 0.15) is 6.54 Å². The molecule has 0 unspecified atom stereocenters. The lowest BCUT2D eigenvalue weighted by molar-refractivity contribution is -0.361. The van der Waals surface area contributed by atoms with Crippen molar-refractivity contribution in [2.24, 2.45) is 0 Å². The third-order valence-electron chi connectivity index (χ3n) is 2.30. The maximum absolute atomic E-state index is 11.8. The van der Waals surface area contributed by atoms with Gasteiger partial charge in [0.05, 0.1) is 27.8 Å². The lowest BCUT2D eigenvalue weighted by Crippen LogP contribution is -2.40. The molecule has 0 aliphatic rings. The number of hydrogen-bond acceptors (Lipinski definition) is 1. The van der Waals surface area contributed by atoms with Crippen molar-refractivity contribution >= 4 is 37.8 Å². The van der Waals surface area contributed by atoms with Crippen LogP contribution in [0.5, 0.6) is 0 Å². The van der Waals surface area contributed by atoms with Crippen molar-refractivity contribution in [2.45, 2.75) is 19.6 Å². The molecule has 0 saturated heterocycles. The molecule has 1 aromatic rings. The first-order valence-corrected chi connectivity index (χ1v) is 11.9. The van der Waals surface area contributed by atoms with Gasteiger partial charge in [0.15, 0.2) is 0 Å². The predicted octanol–water partition coefficient (Wildman–Crippen LogP) is 3.86. The zero-order valence-corrected chi connectivity index (χ0v) is 13.5. The average Bonchev–Trinajstić information content (AvgIpc) is 2.15. The van der Waals surface area contributed by atoms with Crippen LogP contribution in [-0.4, -0.2) is 22.6 Å². The molecule has 1 radical (unpaired) electrons. The molecule has 2 nitrogen and oxygen atoms in total. The van der Waals surface area contributed by atoms with Crippen LogP contribution in [0.1, 0.15) is 5.56 Å². The number of benzene rings is 1. The lowest BCUT2D eigenvalue weighted by atomic mass is 10.2. The van der Waals surface area contributed by atoms with Crippen molar-refractivity contribution in [3.63, 3.8) is 0 Å². The Morgan fingerprint density at radius 3 is 2.18 bits per heavy atom. The van der Waals surface area contributed by atoms with Crippen LogP contribution in [-0.2, 0) is 8.16 Å². The summed E-state index contributed by atoms with van der Waals surface area (Å²) < 4.78 is 13.5.